The number of imide groups is 1. The van der Waals surface area contributed by atoms with Crippen LogP contribution in [0.5, 0.6) is 0 Å². The number of hydrogen-bond acceptors (Lipinski definition) is 6. The predicted molar refractivity (Wildman–Crippen MR) is 134 cm³/mol. The number of rotatable bonds is 11. The normalized spacial score (nSPS) is 16.0. The highest BCUT2D eigenvalue weighted by Gasteiger charge is 2.36. The lowest BCUT2D eigenvalue weighted by Crippen LogP contribution is -2.56. The van der Waals surface area contributed by atoms with Gasteiger partial charge in [0.15, 0.2) is 0 Å². The van der Waals surface area contributed by atoms with Gasteiger partial charge >= 0.3 is 5.97 Å². The van der Waals surface area contributed by atoms with Gasteiger partial charge in [-0.15, -0.1) is 0 Å². The molecule has 9 nitrogen and oxygen atoms in total. The highest BCUT2D eigenvalue weighted by Crippen LogP contribution is 2.23. The molecule has 4 amide bonds. The summed E-state index contributed by atoms with van der Waals surface area (Å²) < 4.78 is 0. The summed E-state index contributed by atoms with van der Waals surface area (Å²) >= 11 is 4.35. The second-order valence-corrected chi connectivity index (χ2v) is 10.9. The van der Waals surface area contributed by atoms with Crippen molar-refractivity contribution in [2.45, 2.75) is 71.2 Å². The standard InChI is InChI=1S/C25H35N3O6S/c1-14(2)13-17(20(29)27-19(24(33)34)25(3,4)5)26-21(30)18(35)11-8-12-28-22(31)15-9-6-7-10-16(15)23(28)32/h6-7,9-10,14,17-19,35H,8,11-13H2,1-5H3,(H,26,30)(H,27,29)(H,33,34)/t17-,18-,19+/m0/s1. The van der Waals surface area contributed by atoms with Crippen molar-refractivity contribution in [3.8, 4) is 0 Å². The number of carbonyl (C=O) groups excluding carboxylic acids is 4. The number of hydrogen-bond donors (Lipinski definition) is 4. The van der Waals surface area contributed by atoms with Gasteiger partial charge in [-0.3, -0.25) is 24.1 Å². The first-order valence-electron chi connectivity index (χ1n) is 11.7. The third-order valence-corrected chi connectivity index (χ3v) is 6.27. The smallest absolute Gasteiger partial charge is 0.326 e. The Labute approximate surface area is 211 Å². The Morgan fingerprint density at radius 3 is 2.00 bits per heavy atom. The summed E-state index contributed by atoms with van der Waals surface area (Å²) in [6, 6.07) is 4.58. The van der Waals surface area contributed by atoms with Gasteiger partial charge in [-0.2, -0.15) is 12.6 Å². The number of aliphatic carboxylic acids is 1. The summed E-state index contributed by atoms with van der Waals surface area (Å²) in [5, 5.41) is 14.0. The van der Waals surface area contributed by atoms with Gasteiger partial charge in [-0.05, 0) is 42.7 Å². The van der Waals surface area contributed by atoms with Crippen LogP contribution in [0.2, 0.25) is 0 Å². The molecule has 0 radical (unpaired) electrons. The zero-order valence-corrected chi connectivity index (χ0v) is 21.7. The summed E-state index contributed by atoms with van der Waals surface area (Å²) in [5.41, 5.74) is 0.0228. The van der Waals surface area contributed by atoms with Crippen LogP contribution < -0.4 is 10.6 Å². The molecule has 35 heavy (non-hydrogen) atoms. The first kappa shape index (κ1) is 28.4. The van der Waals surface area contributed by atoms with Gasteiger partial charge in [0.2, 0.25) is 11.8 Å². The van der Waals surface area contributed by atoms with Gasteiger partial charge in [-0.1, -0.05) is 46.8 Å². The topological polar surface area (TPSA) is 133 Å². The van der Waals surface area contributed by atoms with E-state index >= 15 is 0 Å². The molecule has 0 spiro atoms. The third-order valence-electron chi connectivity index (χ3n) is 5.78. The van der Waals surface area contributed by atoms with E-state index in [2.05, 4.69) is 23.3 Å². The van der Waals surface area contributed by atoms with E-state index in [1.54, 1.807) is 45.0 Å². The zero-order chi connectivity index (χ0) is 26.5. The maximum Gasteiger partial charge on any atom is 0.326 e. The van der Waals surface area contributed by atoms with Crippen molar-refractivity contribution >= 4 is 42.2 Å². The number of carboxylic acids is 1. The monoisotopic (exact) mass is 505 g/mol. The van der Waals surface area contributed by atoms with Gasteiger partial charge in [-0.25, -0.2) is 4.79 Å². The molecule has 10 heteroatoms. The molecule has 1 aliphatic heterocycles. The fourth-order valence-corrected chi connectivity index (χ4v) is 4.14. The molecule has 0 fully saturated rings. The number of nitrogens with one attached hydrogen (secondary N) is 2. The van der Waals surface area contributed by atoms with Gasteiger partial charge in [0.05, 0.1) is 16.4 Å². The molecule has 192 valence electrons. The highest BCUT2D eigenvalue weighted by molar-refractivity contribution is 7.81. The molecule has 1 aromatic rings. The summed E-state index contributed by atoms with van der Waals surface area (Å²) in [6.07, 6.45) is 0.959. The summed E-state index contributed by atoms with van der Waals surface area (Å²) in [6.45, 7) is 9.06. The molecular weight excluding hydrogens is 470 g/mol. The average molecular weight is 506 g/mol. The second kappa shape index (κ2) is 11.7. The zero-order valence-electron chi connectivity index (χ0n) is 20.8. The Morgan fingerprint density at radius 1 is 1.00 bits per heavy atom. The van der Waals surface area contributed by atoms with Crippen LogP contribution >= 0.6 is 12.6 Å². The lowest BCUT2D eigenvalue weighted by Gasteiger charge is -2.30. The SMILES string of the molecule is CC(C)C[C@H](NC(=O)[C@@H](S)CCCN1C(=O)c2ccccc2C1=O)C(=O)N[C@H](C(=O)O)C(C)(C)C. The minimum atomic E-state index is -1.15. The fourth-order valence-electron chi connectivity index (χ4n) is 3.88. The van der Waals surface area contributed by atoms with E-state index in [1.807, 2.05) is 13.8 Å². The number of carbonyl (C=O) groups is 5. The molecule has 0 unspecified atom stereocenters. The predicted octanol–water partition coefficient (Wildman–Crippen LogP) is 2.51. The van der Waals surface area contributed by atoms with Crippen LogP contribution in [0.15, 0.2) is 24.3 Å². The van der Waals surface area contributed by atoms with Crippen LogP contribution in [0.1, 0.15) is 74.6 Å². The van der Waals surface area contributed by atoms with E-state index in [9.17, 15) is 29.1 Å². The maximum absolute atomic E-state index is 12.9. The molecule has 3 atom stereocenters. The van der Waals surface area contributed by atoms with Gasteiger partial charge < -0.3 is 15.7 Å². The van der Waals surface area contributed by atoms with E-state index in [0.717, 1.165) is 4.90 Å². The van der Waals surface area contributed by atoms with Gasteiger partial charge in [0, 0.05) is 6.54 Å². The van der Waals surface area contributed by atoms with Crippen molar-refractivity contribution in [1.82, 2.24) is 15.5 Å². The molecule has 0 aromatic heterocycles. The van der Waals surface area contributed by atoms with E-state index < -0.39 is 40.5 Å². The first-order chi connectivity index (χ1) is 16.2. The van der Waals surface area contributed by atoms with Crippen molar-refractivity contribution in [3.05, 3.63) is 35.4 Å². The van der Waals surface area contributed by atoms with Crippen LogP contribution in [-0.2, 0) is 14.4 Å². The Morgan fingerprint density at radius 2 is 1.54 bits per heavy atom. The molecule has 0 bridgehead atoms. The maximum atomic E-state index is 12.9. The summed E-state index contributed by atoms with van der Waals surface area (Å²) in [7, 11) is 0. The second-order valence-electron chi connectivity index (χ2n) is 10.3. The first-order valence-corrected chi connectivity index (χ1v) is 12.2. The van der Waals surface area contributed by atoms with Crippen molar-refractivity contribution in [2.75, 3.05) is 6.54 Å². The minimum Gasteiger partial charge on any atom is -0.480 e. The summed E-state index contributed by atoms with van der Waals surface area (Å²) in [5.74, 6) is -2.84. The fraction of sp³-hybridized carbons (Fsp3) is 0.560. The van der Waals surface area contributed by atoms with Crippen LogP contribution in [0.3, 0.4) is 0 Å². The van der Waals surface area contributed by atoms with E-state index in [0.29, 0.717) is 24.0 Å². The van der Waals surface area contributed by atoms with Crippen LogP contribution in [0.25, 0.3) is 0 Å². The summed E-state index contributed by atoms with van der Waals surface area (Å²) in [4.78, 5) is 63.4. The molecule has 1 aromatic carbocycles. The molecule has 0 saturated carbocycles. The van der Waals surface area contributed by atoms with Crippen LogP contribution in [-0.4, -0.2) is 63.5 Å². The van der Waals surface area contributed by atoms with E-state index in [1.165, 1.54) is 0 Å². The molecular formula is C25H35N3O6S. The Kier molecular flexibility index (Phi) is 9.48. The Balaban J connectivity index is 1.95. The van der Waals surface area contributed by atoms with Crippen molar-refractivity contribution < 1.29 is 29.1 Å². The molecule has 2 rings (SSSR count). The molecule has 0 saturated heterocycles. The largest absolute Gasteiger partial charge is 0.480 e. The lowest BCUT2D eigenvalue weighted by molar-refractivity contribution is -0.145. The number of amides is 4. The quantitative estimate of drug-likeness (QED) is 0.270. The number of carboxylic acid groups (broad SMARTS) is 1. The molecule has 1 aliphatic rings. The molecule has 1 heterocycles. The lowest BCUT2D eigenvalue weighted by atomic mass is 9.86. The Hall–Kier alpha value is -2.88. The van der Waals surface area contributed by atoms with Crippen molar-refractivity contribution in [2.24, 2.45) is 11.3 Å². The van der Waals surface area contributed by atoms with Gasteiger partial charge in [0.25, 0.3) is 11.8 Å². The van der Waals surface area contributed by atoms with Crippen molar-refractivity contribution in [3.63, 3.8) is 0 Å². The third kappa shape index (κ3) is 7.30. The average Bonchev–Trinajstić information content (AvgIpc) is 3.00. The molecule has 3 N–H and O–H groups in total. The van der Waals surface area contributed by atoms with Gasteiger partial charge in [0.1, 0.15) is 12.1 Å². The van der Waals surface area contributed by atoms with Crippen LogP contribution in [0.4, 0.5) is 0 Å². The highest BCUT2D eigenvalue weighted by atomic mass is 32.1. The number of thiol groups is 1. The molecule has 0 aliphatic carbocycles. The van der Waals surface area contributed by atoms with Crippen LogP contribution in [0, 0.1) is 11.3 Å². The van der Waals surface area contributed by atoms with Crippen molar-refractivity contribution in [1.29, 1.82) is 0 Å². The number of nitrogens with zero attached hydrogens (tertiary/aromatic N) is 1. The minimum absolute atomic E-state index is 0.0659. The Bertz CT molecular complexity index is 953. The van der Waals surface area contributed by atoms with E-state index in [-0.39, 0.29) is 30.7 Å². The number of fused-ring (bicyclic) bond motifs is 1. The number of benzene rings is 1. The van der Waals surface area contributed by atoms with E-state index in [4.69, 9.17) is 0 Å².